The lowest BCUT2D eigenvalue weighted by Crippen LogP contribution is -1.96. The molecule has 0 heteroatoms. The van der Waals surface area contributed by atoms with E-state index in [9.17, 15) is 0 Å². The van der Waals surface area contributed by atoms with Gasteiger partial charge < -0.3 is 0 Å². The molecule has 0 saturated heterocycles. The Hall–Kier alpha value is -2.08. The average Bonchev–Trinajstić information content (AvgIpc) is 3.01. The van der Waals surface area contributed by atoms with Gasteiger partial charge in [0.1, 0.15) is 0 Å². The summed E-state index contributed by atoms with van der Waals surface area (Å²) in [6.45, 7) is 0. The molecule has 1 atom stereocenters. The maximum absolute atomic E-state index is 2.39. The van der Waals surface area contributed by atoms with Gasteiger partial charge in [-0.3, -0.25) is 0 Å². The van der Waals surface area contributed by atoms with E-state index in [0.717, 1.165) is 6.42 Å². The number of rotatable bonds is 1. The van der Waals surface area contributed by atoms with Gasteiger partial charge in [-0.2, -0.15) is 0 Å². The first-order valence-electron chi connectivity index (χ1n) is 6.49. The molecule has 1 unspecified atom stereocenters. The summed E-state index contributed by atoms with van der Waals surface area (Å²) in [4.78, 5) is 0. The second kappa shape index (κ2) is 3.71. The van der Waals surface area contributed by atoms with Crippen LogP contribution in [-0.4, -0.2) is 0 Å². The van der Waals surface area contributed by atoms with Crippen molar-refractivity contribution in [3.8, 4) is 0 Å². The third-order valence-corrected chi connectivity index (χ3v) is 4.00. The second-order valence-electron chi connectivity index (χ2n) is 4.99. The molecule has 0 saturated carbocycles. The highest BCUT2D eigenvalue weighted by Gasteiger charge is 2.25. The van der Waals surface area contributed by atoms with E-state index in [0.29, 0.717) is 5.92 Å². The molecular formula is C18H14. The molecule has 2 aromatic carbocycles. The van der Waals surface area contributed by atoms with Crippen LogP contribution in [0.25, 0.3) is 11.6 Å². The van der Waals surface area contributed by atoms with Crippen molar-refractivity contribution in [3.63, 3.8) is 0 Å². The van der Waals surface area contributed by atoms with Crippen LogP contribution in [-0.2, 0) is 6.42 Å². The normalized spacial score (nSPS) is 19.6. The lowest BCUT2D eigenvalue weighted by Gasteiger charge is -2.14. The van der Waals surface area contributed by atoms with Crippen LogP contribution in [0.1, 0.15) is 28.2 Å². The van der Waals surface area contributed by atoms with E-state index in [4.69, 9.17) is 0 Å². The fourth-order valence-corrected chi connectivity index (χ4v) is 3.12. The van der Waals surface area contributed by atoms with Crippen molar-refractivity contribution >= 4 is 11.6 Å². The smallest absolute Gasteiger partial charge is 0.0281 e. The van der Waals surface area contributed by atoms with Crippen molar-refractivity contribution in [3.05, 3.63) is 82.9 Å². The zero-order valence-electron chi connectivity index (χ0n) is 10.1. The van der Waals surface area contributed by atoms with Crippen molar-refractivity contribution < 1.29 is 0 Å². The van der Waals surface area contributed by atoms with E-state index in [2.05, 4.69) is 66.8 Å². The van der Waals surface area contributed by atoms with E-state index in [1.54, 1.807) is 0 Å². The molecular weight excluding hydrogens is 216 g/mol. The number of benzene rings is 2. The molecule has 0 aliphatic heterocycles. The Morgan fingerprint density at radius 1 is 0.889 bits per heavy atom. The average molecular weight is 230 g/mol. The van der Waals surface area contributed by atoms with Crippen molar-refractivity contribution in [1.82, 2.24) is 0 Å². The zero-order valence-corrected chi connectivity index (χ0v) is 10.1. The molecule has 0 nitrogen and oxygen atoms in total. The topological polar surface area (TPSA) is 0 Å². The first-order chi connectivity index (χ1) is 8.93. The summed E-state index contributed by atoms with van der Waals surface area (Å²) in [5.41, 5.74) is 7.19. The van der Waals surface area contributed by atoms with Gasteiger partial charge in [-0.1, -0.05) is 66.8 Å². The van der Waals surface area contributed by atoms with Crippen molar-refractivity contribution in [2.45, 2.75) is 12.3 Å². The van der Waals surface area contributed by atoms with Crippen LogP contribution < -0.4 is 0 Å². The van der Waals surface area contributed by atoms with Gasteiger partial charge in [0.15, 0.2) is 0 Å². The first-order valence-corrected chi connectivity index (χ1v) is 6.49. The minimum Gasteiger partial charge on any atom is -0.0753 e. The molecule has 0 radical (unpaired) electrons. The SMILES string of the molecule is C1=CC(C2=CCc3ccccc32)c2ccccc21. The summed E-state index contributed by atoms with van der Waals surface area (Å²) in [5.74, 6) is 0.449. The van der Waals surface area contributed by atoms with Gasteiger partial charge in [0.05, 0.1) is 0 Å². The summed E-state index contributed by atoms with van der Waals surface area (Å²) in [5, 5.41) is 0. The first kappa shape index (κ1) is 9.90. The van der Waals surface area contributed by atoms with Crippen molar-refractivity contribution in [1.29, 1.82) is 0 Å². The summed E-state index contributed by atoms with van der Waals surface area (Å²) < 4.78 is 0. The maximum atomic E-state index is 2.39. The van der Waals surface area contributed by atoms with Gasteiger partial charge >= 0.3 is 0 Å². The van der Waals surface area contributed by atoms with E-state index >= 15 is 0 Å². The Morgan fingerprint density at radius 2 is 1.72 bits per heavy atom. The van der Waals surface area contributed by atoms with E-state index < -0.39 is 0 Å². The minimum atomic E-state index is 0.449. The van der Waals surface area contributed by atoms with Crippen molar-refractivity contribution in [2.75, 3.05) is 0 Å². The van der Waals surface area contributed by atoms with E-state index in [-0.39, 0.29) is 0 Å². The lowest BCUT2D eigenvalue weighted by atomic mass is 9.89. The highest BCUT2D eigenvalue weighted by molar-refractivity contribution is 5.83. The fourth-order valence-electron chi connectivity index (χ4n) is 3.12. The van der Waals surface area contributed by atoms with E-state index in [1.165, 1.54) is 27.8 Å². The predicted octanol–water partition coefficient (Wildman–Crippen LogP) is 4.44. The van der Waals surface area contributed by atoms with Crippen LogP contribution in [0.3, 0.4) is 0 Å². The van der Waals surface area contributed by atoms with Gasteiger partial charge in [-0.05, 0) is 34.2 Å². The lowest BCUT2D eigenvalue weighted by molar-refractivity contribution is 1.14. The van der Waals surface area contributed by atoms with Crippen LogP contribution in [0.2, 0.25) is 0 Å². The molecule has 2 aromatic rings. The fraction of sp³-hybridized carbons (Fsp3) is 0.111. The van der Waals surface area contributed by atoms with Crippen LogP contribution in [0.4, 0.5) is 0 Å². The Bertz CT molecular complexity index is 674. The van der Waals surface area contributed by atoms with Gasteiger partial charge in [-0.25, -0.2) is 0 Å². The summed E-state index contributed by atoms with van der Waals surface area (Å²) in [6, 6.07) is 17.5. The van der Waals surface area contributed by atoms with Crippen LogP contribution >= 0.6 is 0 Å². The summed E-state index contributed by atoms with van der Waals surface area (Å²) in [7, 11) is 0. The number of hydrogen-bond acceptors (Lipinski definition) is 0. The van der Waals surface area contributed by atoms with Gasteiger partial charge in [-0.15, -0.1) is 0 Å². The molecule has 86 valence electrons. The Labute approximate surface area is 107 Å². The van der Waals surface area contributed by atoms with Gasteiger partial charge in [0.2, 0.25) is 0 Å². The van der Waals surface area contributed by atoms with Crippen LogP contribution in [0, 0.1) is 0 Å². The molecule has 0 aromatic heterocycles. The third kappa shape index (κ3) is 1.32. The predicted molar refractivity (Wildman–Crippen MR) is 76.3 cm³/mol. The minimum absolute atomic E-state index is 0.449. The standard InChI is InChI=1S/C18H14/c1-3-7-15-13(5-1)9-11-17(15)18-12-10-14-6-2-4-8-16(14)18/h1-9,11-12,17H,10H2. The molecule has 0 bridgehead atoms. The molecule has 0 fully saturated rings. The molecule has 2 aliphatic rings. The molecule has 0 heterocycles. The number of allylic oxidation sites excluding steroid dienone is 3. The van der Waals surface area contributed by atoms with Crippen LogP contribution in [0.15, 0.2) is 60.7 Å². The van der Waals surface area contributed by atoms with Crippen molar-refractivity contribution in [2.24, 2.45) is 0 Å². The maximum Gasteiger partial charge on any atom is 0.0281 e. The molecule has 0 N–H and O–H groups in total. The third-order valence-electron chi connectivity index (χ3n) is 4.00. The Morgan fingerprint density at radius 3 is 2.72 bits per heavy atom. The molecule has 2 aliphatic carbocycles. The molecule has 4 rings (SSSR count). The van der Waals surface area contributed by atoms with Crippen LogP contribution in [0.5, 0.6) is 0 Å². The van der Waals surface area contributed by atoms with Gasteiger partial charge in [0.25, 0.3) is 0 Å². The quantitative estimate of drug-likeness (QED) is 0.679. The molecule has 0 spiro atoms. The van der Waals surface area contributed by atoms with Gasteiger partial charge in [0, 0.05) is 5.92 Å². The highest BCUT2D eigenvalue weighted by atomic mass is 14.3. The number of hydrogen-bond donors (Lipinski definition) is 0. The zero-order chi connectivity index (χ0) is 11.9. The second-order valence-corrected chi connectivity index (χ2v) is 4.99. The Kier molecular flexibility index (Phi) is 2.04. The highest BCUT2D eigenvalue weighted by Crippen LogP contribution is 2.43. The summed E-state index contributed by atoms with van der Waals surface area (Å²) in [6.07, 6.45) is 8.06. The number of fused-ring (bicyclic) bond motifs is 2. The molecule has 0 amide bonds. The largest absolute Gasteiger partial charge is 0.0753 e. The Balaban J connectivity index is 1.82. The summed E-state index contributed by atoms with van der Waals surface area (Å²) >= 11 is 0. The van der Waals surface area contributed by atoms with E-state index in [1.807, 2.05) is 0 Å². The molecule has 18 heavy (non-hydrogen) atoms. The monoisotopic (exact) mass is 230 g/mol.